The Morgan fingerprint density at radius 3 is 2.54 bits per heavy atom. The summed E-state index contributed by atoms with van der Waals surface area (Å²) >= 11 is 0. The molecule has 0 saturated heterocycles. The second-order valence-corrected chi connectivity index (χ2v) is 5.35. The number of benzene rings is 1. The van der Waals surface area contributed by atoms with Crippen molar-refractivity contribution in [1.82, 2.24) is 14.9 Å². The van der Waals surface area contributed by atoms with Crippen LogP contribution in [0.15, 0.2) is 59.5 Å². The van der Waals surface area contributed by atoms with Crippen molar-refractivity contribution in [2.45, 2.75) is 25.8 Å². The molecule has 24 heavy (non-hydrogen) atoms. The Morgan fingerprint density at radius 2 is 1.88 bits per heavy atom. The second kappa shape index (κ2) is 6.92. The van der Waals surface area contributed by atoms with E-state index in [-0.39, 0.29) is 0 Å². The molecule has 1 N–H and O–H groups in total. The van der Waals surface area contributed by atoms with Gasteiger partial charge >= 0.3 is 6.18 Å². The summed E-state index contributed by atoms with van der Waals surface area (Å²) in [6.07, 6.45) is 0.784. The van der Waals surface area contributed by atoms with Crippen molar-refractivity contribution in [3.05, 3.63) is 77.8 Å². The van der Waals surface area contributed by atoms with Gasteiger partial charge in [-0.3, -0.25) is 0 Å². The highest BCUT2D eigenvalue weighted by molar-refractivity contribution is 5.25. The summed E-state index contributed by atoms with van der Waals surface area (Å²) < 4.78 is 44.9. The van der Waals surface area contributed by atoms with Crippen LogP contribution in [0.4, 0.5) is 13.2 Å². The number of aromatic nitrogens is 2. The number of nitrogens with one attached hydrogen (secondary N) is 1. The van der Waals surface area contributed by atoms with Crippen LogP contribution in [0.2, 0.25) is 0 Å². The summed E-state index contributed by atoms with van der Waals surface area (Å²) in [5.74, 6) is 1.64. The molecule has 0 amide bonds. The largest absolute Gasteiger partial charge is 0.468 e. The van der Waals surface area contributed by atoms with Gasteiger partial charge in [0.1, 0.15) is 11.6 Å². The molecule has 3 aromatic rings. The topological polar surface area (TPSA) is 43.0 Å². The van der Waals surface area contributed by atoms with Crippen LogP contribution in [0.25, 0.3) is 0 Å². The first-order valence-electron chi connectivity index (χ1n) is 7.41. The van der Waals surface area contributed by atoms with E-state index in [1.807, 2.05) is 22.9 Å². The van der Waals surface area contributed by atoms with E-state index >= 15 is 0 Å². The molecule has 0 atom stereocenters. The summed E-state index contributed by atoms with van der Waals surface area (Å²) in [6.45, 7) is 1.59. The summed E-state index contributed by atoms with van der Waals surface area (Å²) in [6, 6.07) is 8.87. The number of rotatable bonds is 6. The van der Waals surface area contributed by atoms with Crippen LogP contribution in [0.3, 0.4) is 0 Å². The van der Waals surface area contributed by atoms with Crippen LogP contribution >= 0.6 is 0 Å². The predicted molar refractivity (Wildman–Crippen MR) is 82.0 cm³/mol. The van der Waals surface area contributed by atoms with Crippen LogP contribution in [-0.4, -0.2) is 9.55 Å². The quantitative estimate of drug-likeness (QED) is 0.744. The molecule has 0 aliphatic rings. The minimum Gasteiger partial charge on any atom is -0.468 e. The summed E-state index contributed by atoms with van der Waals surface area (Å²) in [5, 5.41) is 3.22. The van der Waals surface area contributed by atoms with Gasteiger partial charge in [0.05, 0.1) is 24.9 Å². The van der Waals surface area contributed by atoms with Gasteiger partial charge in [0, 0.05) is 18.9 Å². The Morgan fingerprint density at radius 1 is 1.08 bits per heavy atom. The molecule has 1 aromatic carbocycles. The Balaban J connectivity index is 1.60. The maximum absolute atomic E-state index is 12.6. The van der Waals surface area contributed by atoms with Crippen molar-refractivity contribution in [3.63, 3.8) is 0 Å². The van der Waals surface area contributed by atoms with E-state index in [0.29, 0.717) is 19.6 Å². The molecular weight excluding hydrogens is 319 g/mol. The minimum absolute atomic E-state index is 0.468. The zero-order valence-electron chi connectivity index (χ0n) is 12.8. The van der Waals surface area contributed by atoms with Crippen molar-refractivity contribution >= 4 is 0 Å². The SMILES string of the molecule is FC(F)(F)c1ccc(Cn2ccnc2CNCc2ccco2)cc1. The smallest absolute Gasteiger partial charge is 0.416 e. The predicted octanol–water partition coefficient (Wildman–Crippen LogP) is 3.83. The van der Waals surface area contributed by atoms with Crippen LogP contribution in [0.5, 0.6) is 0 Å². The van der Waals surface area contributed by atoms with E-state index in [9.17, 15) is 13.2 Å². The van der Waals surface area contributed by atoms with E-state index < -0.39 is 11.7 Å². The first-order valence-corrected chi connectivity index (χ1v) is 7.41. The maximum Gasteiger partial charge on any atom is 0.416 e. The summed E-state index contributed by atoms with van der Waals surface area (Å²) in [5.41, 5.74) is 0.144. The van der Waals surface area contributed by atoms with E-state index in [1.54, 1.807) is 12.5 Å². The average Bonchev–Trinajstić information content (AvgIpc) is 3.20. The molecule has 0 spiro atoms. The number of hydrogen-bond acceptors (Lipinski definition) is 3. The number of halogens is 3. The fourth-order valence-corrected chi connectivity index (χ4v) is 2.36. The summed E-state index contributed by atoms with van der Waals surface area (Å²) in [4.78, 5) is 4.28. The van der Waals surface area contributed by atoms with E-state index in [0.717, 1.165) is 29.3 Å². The van der Waals surface area contributed by atoms with Gasteiger partial charge in [0.25, 0.3) is 0 Å². The number of alkyl halides is 3. The molecule has 4 nitrogen and oxygen atoms in total. The third-order valence-electron chi connectivity index (χ3n) is 3.60. The number of nitrogens with zero attached hydrogens (tertiary/aromatic N) is 2. The first kappa shape index (κ1) is 16.3. The van der Waals surface area contributed by atoms with Crippen molar-refractivity contribution in [2.24, 2.45) is 0 Å². The zero-order chi connectivity index (χ0) is 17.0. The van der Waals surface area contributed by atoms with Gasteiger partial charge < -0.3 is 14.3 Å². The molecule has 0 radical (unpaired) electrons. The molecule has 2 heterocycles. The fourth-order valence-electron chi connectivity index (χ4n) is 2.36. The van der Waals surface area contributed by atoms with Crippen molar-refractivity contribution in [3.8, 4) is 0 Å². The highest BCUT2D eigenvalue weighted by atomic mass is 19.4. The Hall–Kier alpha value is -2.54. The highest BCUT2D eigenvalue weighted by Crippen LogP contribution is 2.29. The van der Waals surface area contributed by atoms with Gasteiger partial charge in [-0.1, -0.05) is 12.1 Å². The zero-order valence-corrected chi connectivity index (χ0v) is 12.8. The van der Waals surface area contributed by atoms with E-state index in [2.05, 4.69) is 10.3 Å². The highest BCUT2D eigenvalue weighted by Gasteiger charge is 2.29. The van der Waals surface area contributed by atoms with Crippen molar-refractivity contribution in [2.75, 3.05) is 0 Å². The van der Waals surface area contributed by atoms with E-state index in [1.165, 1.54) is 12.1 Å². The van der Waals surface area contributed by atoms with Gasteiger partial charge in [-0.2, -0.15) is 13.2 Å². The third-order valence-corrected chi connectivity index (χ3v) is 3.60. The van der Waals surface area contributed by atoms with Crippen molar-refractivity contribution < 1.29 is 17.6 Å². The lowest BCUT2D eigenvalue weighted by Crippen LogP contribution is -2.16. The number of furan rings is 1. The van der Waals surface area contributed by atoms with Gasteiger partial charge in [0.2, 0.25) is 0 Å². The third kappa shape index (κ3) is 4.05. The van der Waals surface area contributed by atoms with Crippen molar-refractivity contribution in [1.29, 1.82) is 0 Å². The molecule has 3 rings (SSSR count). The fraction of sp³-hybridized carbons (Fsp3) is 0.235. The average molecular weight is 335 g/mol. The molecule has 0 aliphatic heterocycles. The summed E-state index contributed by atoms with van der Waals surface area (Å²) in [7, 11) is 0. The molecule has 0 fully saturated rings. The molecule has 0 saturated carbocycles. The van der Waals surface area contributed by atoms with Gasteiger partial charge in [-0.05, 0) is 29.8 Å². The maximum atomic E-state index is 12.6. The van der Waals surface area contributed by atoms with Crippen LogP contribution < -0.4 is 5.32 Å². The van der Waals surface area contributed by atoms with Crippen LogP contribution in [-0.2, 0) is 25.8 Å². The minimum atomic E-state index is -4.31. The second-order valence-electron chi connectivity index (χ2n) is 5.35. The molecule has 0 unspecified atom stereocenters. The molecule has 0 aliphatic carbocycles. The normalized spacial score (nSPS) is 11.8. The standard InChI is InChI=1S/C17H16F3N3O/c18-17(19,20)14-5-3-13(4-6-14)12-23-8-7-22-16(23)11-21-10-15-2-1-9-24-15/h1-9,21H,10-12H2. The lowest BCUT2D eigenvalue weighted by atomic mass is 10.1. The molecular formula is C17H16F3N3O. The monoisotopic (exact) mass is 335 g/mol. The molecule has 7 heteroatoms. The van der Waals surface area contributed by atoms with Gasteiger partial charge in [-0.15, -0.1) is 0 Å². The molecule has 0 bridgehead atoms. The molecule has 2 aromatic heterocycles. The van der Waals surface area contributed by atoms with Gasteiger partial charge in [-0.25, -0.2) is 4.98 Å². The van der Waals surface area contributed by atoms with Crippen LogP contribution in [0.1, 0.15) is 22.7 Å². The molecule has 126 valence electrons. The van der Waals surface area contributed by atoms with E-state index in [4.69, 9.17) is 4.42 Å². The first-order chi connectivity index (χ1) is 11.5. The Bertz CT molecular complexity index is 761. The number of imidazole rings is 1. The Labute approximate surface area is 136 Å². The lowest BCUT2D eigenvalue weighted by Gasteiger charge is -2.10. The lowest BCUT2D eigenvalue weighted by molar-refractivity contribution is -0.137. The number of hydrogen-bond donors (Lipinski definition) is 1. The van der Waals surface area contributed by atoms with Crippen LogP contribution in [0, 0.1) is 0 Å². The van der Waals surface area contributed by atoms with Gasteiger partial charge in [0.15, 0.2) is 0 Å². The Kier molecular flexibility index (Phi) is 4.71.